The summed E-state index contributed by atoms with van der Waals surface area (Å²) < 4.78 is 27.7. The minimum atomic E-state index is -0.727. The van der Waals surface area contributed by atoms with E-state index in [1.54, 1.807) is 30.8 Å². The standard InChI is InChI=1S/C15H23F2NS/c1-5-8-18-13(9-19-10(2)3)12-7-6-11(4)14(16)15(12)17/h6-7,10,13,18H,5,8-9H2,1-4H3. The van der Waals surface area contributed by atoms with Crippen LogP contribution >= 0.6 is 11.8 Å². The van der Waals surface area contributed by atoms with Crippen LogP contribution in [0, 0.1) is 18.6 Å². The van der Waals surface area contributed by atoms with Crippen molar-refractivity contribution in [1.29, 1.82) is 0 Å². The van der Waals surface area contributed by atoms with Gasteiger partial charge in [-0.05, 0) is 30.7 Å². The van der Waals surface area contributed by atoms with Crippen LogP contribution in [0.1, 0.15) is 44.4 Å². The van der Waals surface area contributed by atoms with Crippen molar-refractivity contribution in [2.24, 2.45) is 0 Å². The SMILES string of the molecule is CCCNC(CSC(C)C)c1ccc(C)c(F)c1F. The lowest BCUT2D eigenvalue weighted by Gasteiger charge is -2.21. The highest BCUT2D eigenvalue weighted by Crippen LogP contribution is 2.26. The van der Waals surface area contributed by atoms with E-state index < -0.39 is 11.6 Å². The summed E-state index contributed by atoms with van der Waals surface area (Å²) in [4.78, 5) is 0. The van der Waals surface area contributed by atoms with Crippen molar-refractivity contribution in [2.75, 3.05) is 12.3 Å². The quantitative estimate of drug-likeness (QED) is 0.795. The molecule has 1 unspecified atom stereocenters. The van der Waals surface area contributed by atoms with E-state index in [2.05, 4.69) is 26.1 Å². The Balaban J connectivity index is 2.92. The van der Waals surface area contributed by atoms with Gasteiger partial charge in [0.15, 0.2) is 11.6 Å². The van der Waals surface area contributed by atoms with Crippen LogP contribution < -0.4 is 5.32 Å². The van der Waals surface area contributed by atoms with Crippen molar-refractivity contribution in [3.8, 4) is 0 Å². The first-order chi connectivity index (χ1) is 8.97. The Morgan fingerprint density at radius 2 is 1.89 bits per heavy atom. The Morgan fingerprint density at radius 1 is 1.21 bits per heavy atom. The maximum atomic E-state index is 14.0. The third-order valence-corrected chi connectivity index (χ3v) is 4.11. The van der Waals surface area contributed by atoms with E-state index in [-0.39, 0.29) is 6.04 Å². The summed E-state index contributed by atoms with van der Waals surface area (Å²) in [6.45, 7) is 8.66. The average Bonchev–Trinajstić information content (AvgIpc) is 2.37. The maximum Gasteiger partial charge on any atom is 0.163 e. The van der Waals surface area contributed by atoms with Gasteiger partial charge < -0.3 is 5.32 Å². The van der Waals surface area contributed by atoms with Crippen LogP contribution in [0.5, 0.6) is 0 Å². The normalized spacial score (nSPS) is 13.0. The molecule has 1 N–H and O–H groups in total. The van der Waals surface area contributed by atoms with Crippen LogP contribution in [0.25, 0.3) is 0 Å². The molecule has 0 aliphatic carbocycles. The largest absolute Gasteiger partial charge is 0.309 e. The molecule has 0 saturated carbocycles. The second kappa shape index (κ2) is 7.85. The molecular formula is C15H23F2NS. The molecular weight excluding hydrogens is 264 g/mol. The summed E-state index contributed by atoms with van der Waals surface area (Å²) in [5, 5.41) is 3.78. The fourth-order valence-corrected chi connectivity index (χ4v) is 2.67. The van der Waals surface area contributed by atoms with Crippen molar-refractivity contribution in [3.05, 3.63) is 34.9 Å². The molecule has 1 nitrogen and oxygen atoms in total. The van der Waals surface area contributed by atoms with Gasteiger partial charge in [-0.3, -0.25) is 0 Å². The van der Waals surface area contributed by atoms with Gasteiger partial charge in [-0.25, -0.2) is 8.78 Å². The van der Waals surface area contributed by atoms with E-state index in [4.69, 9.17) is 0 Å². The lowest BCUT2D eigenvalue weighted by Crippen LogP contribution is -2.26. The molecule has 1 atom stereocenters. The Bertz CT molecular complexity index is 407. The summed E-state index contributed by atoms with van der Waals surface area (Å²) in [6, 6.07) is 3.21. The van der Waals surface area contributed by atoms with Gasteiger partial charge in [0.1, 0.15) is 0 Å². The topological polar surface area (TPSA) is 12.0 Å². The zero-order valence-corrected chi connectivity index (χ0v) is 12.9. The van der Waals surface area contributed by atoms with Crippen LogP contribution in [0.3, 0.4) is 0 Å². The number of nitrogens with one attached hydrogen (secondary N) is 1. The van der Waals surface area contributed by atoms with E-state index in [9.17, 15) is 8.78 Å². The highest BCUT2D eigenvalue weighted by atomic mass is 32.2. The molecule has 0 heterocycles. The molecule has 0 saturated heterocycles. The highest BCUT2D eigenvalue weighted by molar-refractivity contribution is 7.99. The summed E-state index contributed by atoms with van der Waals surface area (Å²) in [5.74, 6) is -0.690. The Labute approximate surface area is 119 Å². The first-order valence-corrected chi connectivity index (χ1v) is 7.81. The summed E-state index contributed by atoms with van der Waals surface area (Å²) >= 11 is 1.75. The van der Waals surface area contributed by atoms with Gasteiger partial charge in [-0.15, -0.1) is 0 Å². The van der Waals surface area contributed by atoms with Gasteiger partial charge >= 0.3 is 0 Å². The zero-order chi connectivity index (χ0) is 14.4. The molecule has 0 radical (unpaired) electrons. The molecule has 4 heteroatoms. The summed E-state index contributed by atoms with van der Waals surface area (Å²) in [5.41, 5.74) is 0.789. The lowest BCUT2D eigenvalue weighted by molar-refractivity contribution is 0.471. The van der Waals surface area contributed by atoms with Gasteiger partial charge in [-0.2, -0.15) is 11.8 Å². The van der Waals surface area contributed by atoms with E-state index in [0.29, 0.717) is 16.4 Å². The fraction of sp³-hybridized carbons (Fsp3) is 0.600. The fourth-order valence-electron chi connectivity index (χ4n) is 1.80. The molecule has 0 bridgehead atoms. The van der Waals surface area contributed by atoms with Crippen LogP contribution in [0.15, 0.2) is 12.1 Å². The molecule has 1 rings (SSSR count). The van der Waals surface area contributed by atoms with Crippen LogP contribution in [-0.4, -0.2) is 17.5 Å². The van der Waals surface area contributed by atoms with Gasteiger partial charge in [0.05, 0.1) is 0 Å². The third kappa shape index (κ3) is 4.77. The van der Waals surface area contributed by atoms with Crippen LogP contribution in [0.4, 0.5) is 8.78 Å². The maximum absolute atomic E-state index is 14.0. The molecule has 0 aliphatic heterocycles. The predicted octanol–water partition coefficient (Wildman–Crippen LogP) is 4.46. The summed E-state index contributed by atoms with van der Waals surface area (Å²) in [6.07, 6.45) is 0.971. The molecule has 1 aromatic carbocycles. The smallest absolute Gasteiger partial charge is 0.163 e. The lowest BCUT2D eigenvalue weighted by atomic mass is 10.0. The van der Waals surface area contributed by atoms with E-state index in [1.807, 2.05) is 0 Å². The van der Waals surface area contributed by atoms with Gasteiger partial charge in [0.2, 0.25) is 0 Å². The Morgan fingerprint density at radius 3 is 2.47 bits per heavy atom. The molecule has 19 heavy (non-hydrogen) atoms. The van der Waals surface area contributed by atoms with Crippen LogP contribution in [-0.2, 0) is 0 Å². The van der Waals surface area contributed by atoms with Crippen molar-refractivity contribution in [2.45, 2.75) is 45.4 Å². The predicted molar refractivity (Wildman–Crippen MR) is 79.7 cm³/mol. The molecule has 0 spiro atoms. The monoisotopic (exact) mass is 287 g/mol. The minimum absolute atomic E-state index is 0.137. The van der Waals surface area contributed by atoms with Gasteiger partial charge in [0, 0.05) is 17.4 Å². The number of benzene rings is 1. The number of thioether (sulfide) groups is 1. The molecule has 1 aromatic rings. The molecule has 108 valence electrons. The third-order valence-electron chi connectivity index (χ3n) is 2.92. The summed E-state index contributed by atoms with van der Waals surface area (Å²) in [7, 11) is 0. The second-order valence-electron chi connectivity index (χ2n) is 4.99. The highest BCUT2D eigenvalue weighted by Gasteiger charge is 2.19. The van der Waals surface area contributed by atoms with E-state index >= 15 is 0 Å². The van der Waals surface area contributed by atoms with Gasteiger partial charge in [-0.1, -0.05) is 32.9 Å². The number of rotatable bonds is 7. The average molecular weight is 287 g/mol. The number of hydrogen-bond acceptors (Lipinski definition) is 2. The number of aryl methyl sites for hydroxylation is 1. The van der Waals surface area contributed by atoms with Crippen molar-refractivity contribution in [1.82, 2.24) is 5.32 Å². The Kier molecular flexibility index (Phi) is 6.80. The second-order valence-corrected chi connectivity index (χ2v) is 6.60. The number of halogens is 2. The van der Waals surface area contributed by atoms with Crippen molar-refractivity contribution >= 4 is 11.8 Å². The molecule has 0 fully saturated rings. The van der Waals surface area contributed by atoms with Crippen molar-refractivity contribution < 1.29 is 8.78 Å². The molecule has 0 aliphatic rings. The molecule has 0 amide bonds. The first-order valence-electron chi connectivity index (χ1n) is 6.76. The first kappa shape index (κ1) is 16.4. The zero-order valence-electron chi connectivity index (χ0n) is 12.1. The number of hydrogen-bond donors (Lipinski definition) is 1. The minimum Gasteiger partial charge on any atom is -0.309 e. The van der Waals surface area contributed by atoms with Gasteiger partial charge in [0.25, 0.3) is 0 Å². The molecule has 0 aromatic heterocycles. The Hall–Kier alpha value is -0.610. The van der Waals surface area contributed by atoms with E-state index in [1.165, 1.54) is 0 Å². The van der Waals surface area contributed by atoms with Crippen LogP contribution in [0.2, 0.25) is 0 Å². The van der Waals surface area contributed by atoms with Crippen molar-refractivity contribution in [3.63, 3.8) is 0 Å². The van der Waals surface area contributed by atoms with E-state index in [0.717, 1.165) is 18.7 Å².